The first kappa shape index (κ1) is 14.8. The van der Waals surface area contributed by atoms with Gasteiger partial charge in [0.2, 0.25) is 0 Å². The van der Waals surface area contributed by atoms with Crippen molar-refractivity contribution in [3.63, 3.8) is 0 Å². The molecule has 1 aromatic carbocycles. The SMILES string of the molecule is Cc1ccccc1NC(=O)N/N=C/c1cc(Br)c(Br)o1. The molecule has 0 saturated carbocycles. The van der Waals surface area contributed by atoms with Gasteiger partial charge in [-0.3, -0.25) is 0 Å². The Morgan fingerprint density at radius 3 is 2.75 bits per heavy atom. The zero-order chi connectivity index (χ0) is 14.5. The molecule has 2 aromatic rings. The van der Waals surface area contributed by atoms with Crippen molar-refractivity contribution in [1.82, 2.24) is 5.43 Å². The van der Waals surface area contributed by atoms with Crippen LogP contribution < -0.4 is 10.7 Å². The average Bonchev–Trinajstić information content (AvgIpc) is 2.71. The van der Waals surface area contributed by atoms with Gasteiger partial charge in [-0.1, -0.05) is 18.2 Å². The highest BCUT2D eigenvalue weighted by Crippen LogP contribution is 2.25. The lowest BCUT2D eigenvalue weighted by Gasteiger charge is -2.06. The number of para-hydroxylation sites is 1. The molecule has 20 heavy (non-hydrogen) atoms. The maximum Gasteiger partial charge on any atom is 0.339 e. The van der Waals surface area contributed by atoms with Crippen LogP contribution in [0, 0.1) is 6.92 Å². The van der Waals surface area contributed by atoms with E-state index in [9.17, 15) is 4.79 Å². The zero-order valence-electron chi connectivity index (χ0n) is 10.5. The number of amides is 2. The molecular weight excluding hydrogens is 390 g/mol. The van der Waals surface area contributed by atoms with Crippen molar-refractivity contribution >= 4 is 49.8 Å². The minimum absolute atomic E-state index is 0.416. The molecule has 2 N–H and O–H groups in total. The number of anilines is 1. The molecule has 0 radical (unpaired) electrons. The molecule has 0 spiro atoms. The molecular formula is C13H11Br2N3O2. The number of furan rings is 1. The number of nitrogens with one attached hydrogen (secondary N) is 2. The number of aryl methyl sites for hydroxylation is 1. The number of hydrazone groups is 1. The fraction of sp³-hybridized carbons (Fsp3) is 0.0769. The highest BCUT2D eigenvalue weighted by atomic mass is 79.9. The first-order valence-corrected chi connectivity index (χ1v) is 7.25. The first-order chi connectivity index (χ1) is 9.56. The molecule has 7 heteroatoms. The van der Waals surface area contributed by atoms with Crippen LogP contribution >= 0.6 is 31.9 Å². The summed E-state index contributed by atoms with van der Waals surface area (Å²) in [7, 11) is 0. The Kier molecular flexibility index (Phi) is 4.97. The second-order valence-electron chi connectivity index (χ2n) is 3.91. The van der Waals surface area contributed by atoms with Gasteiger partial charge in [0.25, 0.3) is 0 Å². The fourth-order valence-electron chi connectivity index (χ4n) is 1.44. The van der Waals surface area contributed by atoms with Gasteiger partial charge in [0.05, 0.1) is 10.7 Å². The molecule has 0 aliphatic heterocycles. The Morgan fingerprint density at radius 2 is 2.10 bits per heavy atom. The van der Waals surface area contributed by atoms with E-state index in [1.54, 1.807) is 6.07 Å². The highest BCUT2D eigenvalue weighted by molar-refractivity contribution is 9.13. The predicted molar refractivity (Wildman–Crippen MR) is 85.0 cm³/mol. The van der Waals surface area contributed by atoms with Crippen molar-refractivity contribution in [3.8, 4) is 0 Å². The second-order valence-corrected chi connectivity index (χ2v) is 5.48. The number of halogens is 2. The summed E-state index contributed by atoms with van der Waals surface area (Å²) in [6, 6.07) is 8.80. The van der Waals surface area contributed by atoms with Gasteiger partial charge < -0.3 is 9.73 Å². The van der Waals surface area contributed by atoms with Crippen LogP contribution in [-0.4, -0.2) is 12.2 Å². The van der Waals surface area contributed by atoms with E-state index in [1.807, 2.05) is 31.2 Å². The molecule has 1 heterocycles. The number of hydrogen-bond acceptors (Lipinski definition) is 3. The minimum atomic E-state index is -0.416. The van der Waals surface area contributed by atoms with E-state index in [1.165, 1.54) is 6.21 Å². The summed E-state index contributed by atoms with van der Waals surface area (Å²) in [5, 5.41) is 6.50. The molecule has 2 amide bonds. The summed E-state index contributed by atoms with van der Waals surface area (Å²) in [6.07, 6.45) is 1.41. The molecule has 0 saturated heterocycles. The Morgan fingerprint density at radius 1 is 1.35 bits per heavy atom. The summed E-state index contributed by atoms with van der Waals surface area (Å²) >= 11 is 6.50. The van der Waals surface area contributed by atoms with Gasteiger partial charge in [0.1, 0.15) is 5.76 Å². The number of carbonyl (C=O) groups excluding carboxylic acids is 1. The van der Waals surface area contributed by atoms with Gasteiger partial charge >= 0.3 is 6.03 Å². The van der Waals surface area contributed by atoms with E-state index in [0.717, 1.165) is 15.7 Å². The predicted octanol–water partition coefficient (Wildman–Crippen LogP) is 4.27. The van der Waals surface area contributed by atoms with Crippen molar-refractivity contribution in [1.29, 1.82) is 0 Å². The second kappa shape index (κ2) is 6.71. The maximum absolute atomic E-state index is 11.6. The van der Waals surface area contributed by atoms with Gasteiger partial charge in [0, 0.05) is 11.8 Å². The van der Waals surface area contributed by atoms with E-state index in [0.29, 0.717) is 10.4 Å². The standard InChI is InChI=1S/C13H11Br2N3O2/c1-8-4-2-3-5-11(8)17-13(19)18-16-7-9-6-10(14)12(15)20-9/h2-7H,1H3,(H2,17,18,19)/b16-7+. The maximum atomic E-state index is 11.6. The van der Waals surface area contributed by atoms with Gasteiger partial charge in [-0.15, -0.1) is 0 Å². The van der Waals surface area contributed by atoms with Crippen LogP contribution in [0.1, 0.15) is 11.3 Å². The quantitative estimate of drug-likeness (QED) is 0.596. The highest BCUT2D eigenvalue weighted by Gasteiger charge is 2.04. The lowest BCUT2D eigenvalue weighted by molar-refractivity contribution is 0.252. The molecule has 0 bridgehead atoms. The van der Waals surface area contributed by atoms with E-state index < -0.39 is 6.03 Å². The molecule has 104 valence electrons. The van der Waals surface area contributed by atoms with Crippen LogP contribution in [0.5, 0.6) is 0 Å². The average molecular weight is 401 g/mol. The van der Waals surface area contributed by atoms with Crippen molar-refractivity contribution in [2.24, 2.45) is 5.10 Å². The molecule has 0 aliphatic carbocycles. The van der Waals surface area contributed by atoms with Gasteiger partial charge in [-0.2, -0.15) is 5.10 Å². The monoisotopic (exact) mass is 399 g/mol. The number of nitrogens with zero attached hydrogens (tertiary/aromatic N) is 1. The molecule has 2 rings (SSSR count). The van der Waals surface area contributed by atoms with Crippen molar-refractivity contribution in [2.75, 3.05) is 5.32 Å². The van der Waals surface area contributed by atoms with Gasteiger partial charge in [0.15, 0.2) is 4.67 Å². The van der Waals surface area contributed by atoms with E-state index in [-0.39, 0.29) is 0 Å². The van der Waals surface area contributed by atoms with E-state index in [2.05, 4.69) is 47.7 Å². The number of rotatable bonds is 3. The van der Waals surface area contributed by atoms with Crippen molar-refractivity contribution in [3.05, 3.63) is 50.8 Å². The lowest BCUT2D eigenvalue weighted by atomic mass is 10.2. The van der Waals surface area contributed by atoms with Crippen LogP contribution in [0.4, 0.5) is 10.5 Å². The Bertz CT molecular complexity index is 633. The molecule has 0 fully saturated rings. The number of hydrogen-bond donors (Lipinski definition) is 2. The van der Waals surface area contributed by atoms with Crippen LogP contribution in [0.25, 0.3) is 0 Å². The Balaban J connectivity index is 1.91. The fourth-order valence-corrected chi connectivity index (χ4v) is 2.05. The number of carbonyl (C=O) groups is 1. The number of urea groups is 1. The van der Waals surface area contributed by atoms with Gasteiger partial charge in [-0.25, -0.2) is 10.2 Å². The summed E-state index contributed by atoms with van der Waals surface area (Å²) in [4.78, 5) is 11.6. The summed E-state index contributed by atoms with van der Waals surface area (Å²) in [5.41, 5.74) is 4.08. The first-order valence-electron chi connectivity index (χ1n) is 5.67. The molecule has 5 nitrogen and oxygen atoms in total. The Labute approximate surface area is 132 Å². The van der Waals surface area contributed by atoms with Crippen LogP contribution in [-0.2, 0) is 0 Å². The minimum Gasteiger partial charge on any atom is -0.447 e. The smallest absolute Gasteiger partial charge is 0.339 e. The zero-order valence-corrected chi connectivity index (χ0v) is 13.7. The third-order valence-electron chi connectivity index (χ3n) is 2.42. The number of benzene rings is 1. The van der Waals surface area contributed by atoms with Crippen LogP contribution in [0.2, 0.25) is 0 Å². The summed E-state index contributed by atoms with van der Waals surface area (Å²) < 4.78 is 6.64. The Hall–Kier alpha value is -1.60. The topological polar surface area (TPSA) is 66.6 Å². The lowest BCUT2D eigenvalue weighted by Crippen LogP contribution is -2.24. The summed E-state index contributed by atoms with van der Waals surface area (Å²) in [5.74, 6) is 0.514. The van der Waals surface area contributed by atoms with Crippen LogP contribution in [0.15, 0.2) is 49.0 Å². The summed E-state index contributed by atoms with van der Waals surface area (Å²) in [6.45, 7) is 1.91. The van der Waals surface area contributed by atoms with Crippen LogP contribution in [0.3, 0.4) is 0 Å². The van der Waals surface area contributed by atoms with E-state index in [4.69, 9.17) is 4.42 Å². The van der Waals surface area contributed by atoms with Crippen molar-refractivity contribution < 1.29 is 9.21 Å². The molecule has 0 unspecified atom stereocenters. The van der Waals surface area contributed by atoms with Crippen molar-refractivity contribution in [2.45, 2.75) is 6.92 Å². The van der Waals surface area contributed by atoms with Gasteiger partial charge in [-0.05, 0) is 50.4 Å². The molecule has 1 aromatic heterocycles. The largest absolute Gasteiger partial charge is 0.447 e. The molecule has 0 aliphatic rings. The third kappa shape index (κ3) is 3.94. The van der Waals surface area contributed by atoms with E-state index >= 15 is 0 Å². The molecule has 0 atom stereocenters. The normalized spacial score (nSPS) is 10.8. The third-order valence-corrected chi connectivity index (χ3v) is 4.13.